The van der Waals surface area contributed by atoms with Crippen LogP contribution in [0.1, 0.15) is 17.3 Å². The lowest BCUT2D eigenvalue weighted by atomic mass is 10.0. The van der Waals surface area contributed by atoms with Crippen LogP contribution in [0.25, 0.3) is 10.9 Å². The molecular weight excluding hydrogens is 254 g/mol. The molecule has 0 aliphatic carbocycles. The largest absolute Gasteiger partial charge is 0.383 e. The molecule has 1 heterocycles. The molecule has 0 aliphatic rings. The molecule has 0 bridgehead atoms. The number of hydrogen-bond donors (Lipinski definition) is 2. The van der Waals surface area contributed by atoms with E-state index in [1.54, 1.807) is 7.11 Å². The predicted molar refractivity (Wildman–Crippen MR) is 78.3 cm³/mol. The van der Waals surface area contributed by atoms with Gasteiger partial charge in [-0.3, -0.25) is 15.1 Å². The zero-order valence-corrected chi connectivity index (χ0v) is 11.7. The lowest BCUT2D eigenvalue weighted by Crippen LogP contribution is -2.35. The molecule has 0 aliphatic heterocycles. The number of aryl methyl sites for hydroxylation is 1. The van der Waals surface area contributed by atoms with E-state index in [9.17, 15) is 4.79 Å². The standard InChI is InChI=1S/C15H19N3O2/c1-10-3-4-11-9-12(5-6-13(11)18-10)14(15(16)19)17-7-8-20-2/h3-6,9,14,17H,7-8H2,1-2H3,(H2,16,19). The number of amides is 1. The van der Waals surface area contributed by atoms with Gasteiger partial charge in [-0.25, -0.2) is 0 Å². The van der Waals surface area contributed by atoms with Gasteiger partial charge in [0.1, 0.15) is 6.04 Å². The minimum absolute atomic E-state index is 0.402. The Morgan fingerprint density at radius 2 is 2.20 bits per heavy atom. The fourth-order valence-corrected chi connectivity index (χ4v) is 2.11. The van der Waals surface area contributed by atoms with Gasteiger partial charge in [0.25, 0.3) is 0 Å². The molecule has 1 atom stereocenters. The molecule has 0 saturated carbocycles. The Bertz CT molecular complexity index is 613. The molecule has 0 radical (unpaired) electrons. The quantitative estimate of drug-likeness (QED) is 0.778. The first kappa shape index (κ1) is 14.4. The first-order chi connectivity index (χ1) is 9.61. The van der Waals surface area contributed by atoms with E-state index in [1.165, 1.54) is 0 Å². The van der Waals surface area contributed by atoms with Gasteiger partial charge in [-0.2, -0.15) is 0 Å². The summed E-state index contributed by atoms with van der Waals surface area (Å²) in [7, 11) is 1.62. The van der Waals surface area contributed by atoms with Gasteiger partial charge in [0.15, 0.2) is 0 Å². The van der Waals surface area contributed by atoms with Crippen molar-refractivity contribution < 1.29 is 9.53 Å². The van der Waals surface area contributed by atoms with Crippen LogP contribution in [-0.4, -0.2) is 31.2 Å². The Morgan fingerprint density at radius 1 is 1.40 bits per heavy atom. The third-order valence-corrected chi connectivity index (χ3v) is 3.12. The van der Waals surface area contributed by atoms with Crippen LogP contribution in [0.4, 0.5) is 0 Å². The average Bonchev–Trinajstić information content (AvgIpc) is 2.43. The molecule has 106 valence electrons. The highest BCUT2D eigenvalue weighted by Crippen LogP contribution is 2.19. The smallest absolute Gasteiger partial charge is 0.239 e. The summed E-state index contributed by atoms with van der Waals surface area (Å²) in [6.45, 7) is 3.04. The number of nitrogens with one attached hydrogen (secondary N) is 1. The number of pyridine rings is 1. The first-order valence-electron chi connectivity index (χ1n) is 6.51. The van der Waals surface area contributed by atoms with Gasteiger partial charge in [0.05, 0.1) is 12.1 Å². The molecule has 5 heteroatoms. The highest BCUT2D eigenvalue weighted by Gasteiger charge is 2.17. The molecule has 0 saturated heterocycles. The zero-order valence-electron chi connectivity index (χ0n) is 11.7. The Hall–Kier alpha value is -1.98. The highest BCUT2D eigenvalue weighted by atomic mass is 16.5. The van der Waals surface area contributed by atoms with Crippen molar-refractivity contribution in [2.75, 3.05) is 20.3 Å². The van der Waals surface area contributed by atoms with Crippen LogP contribution in [-0.2, 0) is 9.53 Å². The second-order valence-corrected chi connectivity index (χ2v) is 4.69. The van der Waals surface area contributed by atoms with E-state index in [4.69, 9.17) is 10.5 Å². The molecular formula is C15H19N3O2. The number of rotatable bonds is 6. The van der Waals surface area contributed by atoms with Gasteiger partial charge in [-0.1, -0.05) is 12.1 Å². The van der Waals surface area contributed by atoms with Crippen molar-refractivity contribution >= 4 is 16.8 Å². The first-order valence-corrected chi connectivity index (χ1v) is 6.51. The van der Waals surface area contributed by atoms with Crippen LogP contribution in [0.3, 0.4) is 0 Å². The second kappa shape index (κ2) is 6.45. The molecule has 2 aromatic rings. The Balaban J connectivity index is 2.28. The number of nitrogens with two attached hydrogens (primary N) is 1. The second-order valence-electron chi connectivity index (χ2n) is 4.69. The third-order valence-electron chi connectivity index (χ3n) is 3.12. The Morgan fingerprint density at radius 3 is 2.90 bits per heavy atom. The van der Waals surface area contributed by atoms with Crippen molar-refractivity contribution in [1.82, 2.24) is 10.3 Å². The van der Waals surface area contributed by atoms with E-state index in [1.807, 2.05) is 37.3 Å². The Kier molecular flexibility index (Phi) is 4.65. The van der Waals surface area contributed by atoms with Crippen LogP contribution in [0, 0.1) is 6.92 Å². The summed E-state index contributed by atoms with van der Waals surface area (Å²) in [4.78, 5) is 16.0. The maximum absolute atomic E-state index is 11.6. The highest BCUT2D eigenvalue weighted by molar-refractivity contribution is 5.85. The molecule has 5 nitrogen and oxygen atoms in total. The predicted octanol–water partition coefficient (Wildman–Crippen LogP) is 1.31. The summed E-state index contributed by atoms with van der Waals surface area (Å²) in [5.41, 5.74) is 8.18. The van der Waals surface area contributed by atoms with Crippen molar-refractivity contribution in [1.29, 1.82) is 0 Å². The fourth-order valence-electron chi connectivity index (χ4n) is 2.11. The lowest BCUT2D eigenvalue weighted by Gasteiger charge is -2.16. The van der Waals surface area contributed by atoms with Crippen molar-refractivity contribution in [3.8, 4) is 0 Å². The van der Waals surface area contributed by atoms with E-state index in [0.717, 1.165) is 22.2 Å². The van der Waals surface area contributed by atoms with Gasteiger partial charge >= 0.3 is 0 Å². The van der Waals surface area contributed by atoms with Crippen molar-refractivity contribution in [3.05, 3.63) is 41.6 Å². The summed E-state index contributed by atoms with van der Waals surface area (Å²) in [6, 6.07) is 9.15. The number of methoxy groups -OCH3 is 1. The summed E-state index contributed by atoms with van der Waals surface area (Å²) in [6.07, 6.45) is 0. The molecule has 1 amide bonds. The van der Waals surface area contributed by atoms with Crippen LogP contribution in [0.15, 0.2) is 30.3 Å². The number of fused-ring (bicyclic) bond motifs is 1. The third kappa shape index (κ3) is 3.31. The van der Waals surface area contributed by atoms with Crippen molar-refractivity contribution in [2.24, 2.45) is 5.73 Å². The number of benzene rings is 1. The number of ether oxygens (including phenoxy) is 1. The van der Waals surface area contributed by atoms with Gasteiger partial charge in [0, 0.05) is 24.7 Å². The maximum Gasteiger partial charge on any atom is 0.239 e. The molecule has 1 unspecified atom stereocenters. The Labute approximate surface area is 118 Å². The monoisotopic (exact) mass is 273 g/mol. The molecule has 1 aromatic carbocycles. The molecule has 0 spiro atoms. The molecule has 1 aromatic heterocycles. The molecule has 20 heavy (non-hydrogen) atoms. The topological polar surface area (TPSA) is 77.2 Å². The minimum Gasteiger partial charge on any atom is -0.383 e. The normalized spacial score (nSPS) is 12.5. The van der Waals surface area contributed by atoms with E-state index < -0.39 is 11.9 Å². The van der Waals surface area contributed by atoms with Crippen LogP contribution < -0.4 is 11.1 Å². The van der Waals surface area contributed by atoms with Crippen molar-refractivity contribution in [3.63, 3.8) is 0 Å². The molecule has 3 N–H and O–H groups in total. The van der Waals surface area contributed by atoms with Crippen molar-refractivity contribution in [2.45, 2.75) is 13.0 Å². The number of carbonyl (C=O) groups is 1. The fraction of sp³-hybridized carbons (Fsp3) is 0.333. The number of aromatic nitrogens is 1. The van der Waals surface area contributed by atoms with Crippen LogP contribution in [0.5, 0.6) is 0 Å². The van der Waals surface area contributed by atoms with E-state index in [0.29, 0.717) is 13.2 Å². The number of hydrogen-bond acceptors (Lipinski definition) is 4. The van der Waals surface area contributed by atoms with Gasteiger partial charge in [-0.05, 0) is 30.7 Å². The van der Waals surface area contributed by atoms with Gasteiger partial charge in [-0.15, -0.1) is 0 Å². The summed E-state index contributed by atoms with van der Waals surface area (Å²) < 4.78 is 4.97. The zero-order chi connectivity index (χ0) is 14.5. The van der Waals surface area contributed by atoms with E-state index in [-0.39, 0.29) is 0 Å². The molecule has 2 rings (SSSR count). The minimum atomic E-state index is -0.518. The summed E-state index contributed by atoms with van der Waals surface area (Å²) in [5.74, 6) is -0.402. The van der Waals surface area contributed by atoms with Crippen LogP contribution in [0.2, 0.25) is 0 Å². The summed E-state index contributed by atoms with van der Waals surface area (Å²) in [5, 5.41) is 4.09. The molecule has 0 fully saturated rings. The van der Waals surface area contributed by atoms with Gasteiger partial charge in [0.2, 0.25) is 5.91 Å². The number of carbonyl (C=O) groups excluding carboxylic acids is 1. The lowest BCUT2D eigenvalue weighted by molar-refractivity contribution is -0.120. The SMILES string of the molecule is COCCNC(C(N)=O)c1ccc2nc(C)ccc2c1. The maximum atomic E-state index is 11.6. The van der Waals surface area contributed by atoms with E-state index >= 15 is 0 Å². The van der Waals surface area contributed by atoms with Crippen LogP contribution >= 0.6 is 0 Å². The summed E-state index contributed by atoms with van der Waals surface area (Å²) >= 11 is 0. The van der Waals surface area contributed by atoms with E-state index in [2.05, 4.69) is 10.3 Å². The number of primary amides is 1. The average molecular weight is 273 g/mol. The van der Waals surface area contributed by atoms with Gasteiger partial charge < -0.3 is 10.5 Å². The number of nitrogens with zero attached hydrogens (tertiary/aromatic N) is 1.